The van der Waals surface area contributed by atoms with Gasteiger partial charge in [0.15, 0.2) is 11.4 Å². The summed E-state index contributed by atoms with van der Waals surface area (Å²) in [6.45, 7) is 1.45. The minimum absolute atomic E-state index is 0.00249. The van der Waals surface area contributed by atoms with E-state index >= 15 is 0 Å². The fourth-order valence-corrected chi connectivity index (χ4v) is 4.86. The molecule has 4 atom stereocenters. The monoisotopic (exact) mass is 448 g/mol. The van der Waals surface area contributed by atoms with Crippen molar-refractivity contribution in [2.45, 2.75) is 12.5 Å². The summed E-state index contributed by atoms with van der Waals surface area (Å²) < 4.78 is 5.76. The third-order valence-corrected chi connectivity index (χ3v) is 6.53. The number of imidazole rings is 1. The number of benzene rings is 1. The van der Waals surface area contributed by atoms with Gasteiger partial charge < -0.3 is 30.8 Å². The highest BCUT2D eigenvalue weighted by atomic mass is 16.5. The molecule has 2 aromatic heterocycles. The van der Waals surface area contributed by atoms with Crippen molar-refractivity contribution < 1.29 is 14.6 Å². The lowest BCUT2D eigenvalue weighted by Gasteiger charge is -2.27. The molecule has 2 bridgehead atoms. The van der Waals surface area contributed by atoms with E-state index in [4.69, 9.17) is 10.5 Å². The molecule has 2 unspecified atom stereocenters. The van der Waals surface area contributed by atoms with Gasteiger partial charge in [0.1, 0.15) is 29.4 Å². The maximum Gasteiger partial charge on any atom is 0.223 e. The highest BCUT2D eigenvalue weighted by Gasteiger charge is 2.47. The number of fused-ring (bicyclic) bond motifs is 3. The van der Waals surface area contributed by atoms with Gasteiger partial charge in [0.25, 0.3) is 0 Å². The number of carbonyl (C=O) groups is 1. The number of nitrogens with two attached hydrogens (primary N) is 1. The summed E-state index contributed by atoms with van der Waals surface area (Å²) in [6, 6.07) is 7.49. The lowest BCUT2D eigenvalue weighted by molar-refractivity contribution is -0.122. The topological polar surface area (TPSA) is 129 Å². The van der Waals surface area contributed by atoms with Crippen molar-refractivity contribution in [2.24, 2.45) is 23.5 Å². The second kappa shape index (κ2) is 8.40. The normalized spacial score (nSPS) is 23.5. The van der Waals surface area contributed by atoms with E-state index in [2.05, 4.69) is 37.3 Å². The first-order chi connectivity index (χ1) is 15.9. The summed E-state index contributed by atoms with van der Waals surface area (Å²) in [4.78, 5) is 26.3. The Hall–Kier alpha value is -3.59. The van der Waals surface area contributed by atoms with Crippen molar-refractivity contribution in [1.82, 2.24) is 19.9 Å². The Balaban J connectivity index is 1.41. The average Bonchev–Trinajstić information content (AvgIpc) is 3.50. The van der Waals surface area contributed by atoms with Gasteiger partial charge in [-0.3, -0.25) is 4.79 Å². The van der Waals surface area contributed by atoms with E-state index in [0.29, 0.717) is 29.3 Å². The molecule has 1 saturated carbocycles. The molecule has 9 heteroatoms. The first-order valence-electron chi connectivity index (χ1n) is 11.1. The number of hydrogen-bond acceptors (Lipinski definition) is 7. The minimum atomic E-state index is -0.327. The molecular weight excluding hydrogens is 420 g/mol. The second-order valence-corrected chi connectivity index (χ2v) is 9.03. The molecule has 33 heavy (non-hydrogen) atoms. The number of ether oxygens (including phenoxy) is 1. The summed E-state index contributed by atoms with van der Waals surface area (Å²) in [5.41, 5.74) is 8.12. The molecule has 9 nitrogen and oxygen atoms in total. The zero-order valence-electron chi connectivity index (χ0n) is 18.7. The number of rotatable bonds is 8. The summed E-state index contributed by atoms with van der Waals surface area (Å²) >= 11 is 0. The molecule has 2 heterocycles. The molecule has 5 rings (SSSR count). The largest absolute Gasteiger partial charge is 0.504 e. The van der Waals surface area contributed by atoms with Crippen LogP contribution in [0.25, 0.3) is 22.6 Å². The lowest BCUT2D eigenvalue weighted by Crippen LogP contribution is -2.41. The number of allylic oxidation sites excluding steroid dienone is 1. The number of primary amides is 1. The second-order valence-electron chi connectivity index (χ2n) is 9.03. The number of aromatic amines is 1. The van der Waals surface area contributed by atoms with Gasteiger partial charge in [0.05, 0.1) is 12.1 Å². The first-order valence-corrected chi connectivity index (χ1v) is 11.1. The Morgan fingerprint density at radius 2 is 2.03 bits per heavy atom. The molecule has 5 N–H and O–H groups in total. The summed E-state index contributed by atoms with van der Waals surface area (Å²) in [5, 5.41) is 14.0. The van der Waals surface area contributed by atoms with Crippen LogP contribution >= 0.6 is 0 Å². The number of carbonyl (C=O) groups excluding carboxylic acids is 1. The van der Waals surface area contributed by atoms with Gasteiger partial charge in [0, 0.05) is 18.2 Å². The highest BCUT2D eigenvalue weighted by Crippen LogP contribution is 2.46. The quantitative estimate of drug-likeness (QED) is 0.389. The van der Waals surface area contributed by atoms with E-state index in [0.717, 1.165) is 24.3 Å². The fraction of sp³-hybridized carbons (Fsp3) is 0.375. The number of nitrogens with zero attached hydrogens (tertiary/aromatic N) is 3. The molecule has 2 aliphatic carbocycles. The van der Waals surface area contributed by atoms with E-state index in [-0.39, 0.29) is 35.5 Å². The van der Waals surface area contributed by atoms with E-state index in [1.165, 1.54) is 6.20 Å². The number of H-pyrrole nitrogens is 1. The van der Waals surface area contributed by atoms with E-state index in [9.17, 15) is 9.90 Å². The van der Waals surface area contributed by atoms with E-state index in [1.807, 2.05) is 38.4 Å². The van der Waals surface area contributed by atoms with Crippen molar-refractivity contribution in [3.63, 3.8) is 0 Å². The number of likely N-dealkylation sites (N-methyl/N-ethyl adjacent to an activating group) is 1. The lowest BCUT2D eigenvalue weighted by atomic mass is 9.88. The maximum atomic E-state index is 12.1. The van der Waals surface area contributed by atoms with Crippen LogP contribution in [0.5, 0.6) is 11.5 Å². The predicted octanol–water partition coefficient (Wildman–Crippen LogP) is 2.36. The van der Waals surface area contributed by atoms with Gasteiger partial charge in [-0.05, 0) is 56.6 Å². The number of aromatic nitrogens is 3. The number of nitrogens with one attached hydrogen (secondary N) is 2. The third-order valence-electron chi connectivity index (χ3n) is 6.53. The Morgan fingerprint density at radius 3 is 2.76 bits per heavy atom. The molecule has 1 aromatic carbocycles. The van der Waals surface area contributed by atoms with Crippen LogP contribution in [0.15, 0.2) is 42.6 Å². The van der Waals surface area contributed by atoms with Gasteiger partial charge >= 0.3 is 0 Å². The number of hydrogen-bond donors (Lipinski definition) is 4. The molecule has 0 radical (unpaired) electrons. The van der Waals surface area contributed by atoms with Crippen molar-refractivity contribution in [3.8, 4) is 22.9 Å². The summed E-state index contributed by atoms with van der Waals surface area (Å²) in [5.74, 6) is 1.11. The molecular formula is C24H28N6O3. The molecule has 172 valence electrons. The predicted molar refractivity (Wildman–Crippen MR) is 126 cm³/mol. The van der Waals surface area contributed by atoms with Gasteiger partial charge in [-0.25, -0.2) is 9.97 Å². The van der Waals surface area contributed by atoms with Crippen molar-refractivity contribution in [2.75, 3.05) is 32.6 Å². The molecule has 0 saturated heterocycles. The van der Waals surface area contributed by atoms with Crippen LogP contribution in [-0.2, 0) is 4.79 Å². The Labute approximate surface area is 191 Å². The standard InChI is InChI=1S/C24H28N6O3/c1-30(2)9-10-33-16-7-5-13(6-8-16)23-28-21-20(17(31)12-26-24(21)29-23)27-19-15-4-3-14(11-15)18(19)22(25)32/h3-8,12,14-15,18-19,31H,9-11H2,1-2H3,(H2,25,32)(H2,26,27,28,29)/t14?,15-,18-,19?/m0/s1. The van der Waals surface area contributed by atoms with Crippen LogP contribution < -0.4 is 15.8 Å². The number of aromatic hydroxyl groups is 1. The van der Waals surface area contributed by atoms with Crippen molar-refractivity contribution in [1.29, 1.82) is 0 Å². The first kappa shape index (κ1) is 21.3. The van der Waals surface area contributed by atoms with Crippen LogP contribution in [0.2, 0.25) is 0 Å². The van der Waals surface area contributed by atoms with Crippen molar-refractivity contribution in [3.05, 3.63) is 42.6 Å². The number of anilines is 1. The molecule has 3 aromatic rings. The van der Waals surface area contributed by atoms with Crippen LogP contribution in [0, 0.1) is 17.8 Å². The Morgan fingerprint density at radius 1 is 1.27 bits per heavy atom. The molecule has 1 amide bonds. The van der Waals surface area contributed by atoms with E-state index < -0.39 is 0 Å². The van der Waals surface area contributed by atoms with Crippen LogP contribution in [0.4, 0.5) is 5.69 Å². The summed E-state index contributed by atoms with van der Waals surface area (Å²) in [7, 11) is 4.01. The zero-order chi connectivity index (χ0) is 23.1. The summed E-state index contributed by atoms with van der Waals surface area (Å²) in [6.07, 6.45) is 6.46. The van der Waals surface area contributed by atoms with Crippen LogP contribution in [0.3, 0.4) is 0 Å². The number of amides is 1. The fourth-order valence-electron chi connectivity index (χ4n) is 4.86. The highest BCUT2D eigenvalue weighted by molar-refractivity contribution is 5.91. The molecule has 1 fully saturated rings. The minimum Gasteiger partial charge on any atom is -0.504 e. The van der Waals surface area contributed by atoms with Gasteiger partial charge in [-0.2, -0.15) is 0 Å². The van der Waals surface area contributed by atoms with Gasteiger partial charge in [0.2, 0.25) is 5.91 Å². The van der Waals surface area contributed by atoms with Crippen LogP contribution in [0.1, 0.15) is 6.42 Å². The SMILES string of the molecule is CN(C)CCOc1ccc(-c2nc3ncc(O)c(NC4[C@@H](C(N)=O)C5C=C[C@H]4C5)c3[nH]2)cc1. The molecule has 2 aliphatic rings. The Bertz CT molecular complexity index is 1200. The molecule has 0 aliphatic heterocycles. The van der Waals surface area contributed by atoms with Gasteiger partial charge in [-0.15, -0.1) is 0 Å². The van der Waals surface area contributed by atoms with Crippen LogP contribution in [-0.4, -0.2) is 64.2 Å². The zero-order valence-corrected chi connectivity index (χ0v) is 18.7. The molecule has 0 spiro atoms. The van der Waals surface area contributed by atoms with Gasteiger partial charge in [-0.1, -0.05) is 12.2 Å². The number of pyridine rings is 1. The maximum absolute atomic E-state index is 12.1. The smallest absolute Gasteiger partial charge is 0.223 e. The van der Waals surface area contributed by atoms with E-state index in [1.54, 1.807) is 0 Å². The average molecular weight is 449 g/mol. The third kappa shape index (κ3) is 4.00. The Kier molecular flexibility index (Phi) is 5.41. The van der Waals surface area contributed by atoms with Crippen molar-refractivity contribution >= 4 is 22.8 Å².